The number of hydrogen-bond acceptors (Lipinski definition) is 4. The topological polar surface area (TPSA) is 65.5 Å². The van der Waals surface area contributed by atoms with Crippen LogP contribution in [0.25, 0.3) is 0 Å². The van der Waals surface area contributed by atoms with Crippen LogP contribution in [0.3, 0.4) is 0 Å². The number of anilines is 1. The Bertz CT molecular complexity index is 1000. The number of aliphatic hydroxyl groups is 1. The zero-order chi connectivity index (χ0) is 21.0. The van der Waals surface area contributed by atoms with Crippen molar-refractivity contribution in [3.8, 4) is 0 Å². The Morgan fingerprint density at radius 3 is 2.47 bits per heavy atom. The van der Waals surface area contributed by atoms with Crippen LogP contribution >= 0.6 is 11.6 Å². The lowest BCUT2D eigenvalue weighted by molar-refractivity contribution is -0.132. The molecule has 2 aromatic carbocycles. The van der Waals surface area contributed by atoms with Crippen molar-refractivity contribution in [3.63, 3.8) is 0 Å². The normalized spacial score (nSPS) is 14.8. The smallest absolute Gasteiger partial charge is 0.230 e. The van der Waals surface area contributed by atoms with Crippen LogP contribution in [-0.4, -0.2) is 29.1 Å². The van der Waals surface area contributed by atoms with Crippen LogP contribution in [0.2, 0.25) is 5.02 Å². The number of benzene rings is 2. The van der Waals surface area contributed by atoms with Gasteiger partial charge in [0.15, 0.2) is 0 Å². The van der Waals surface area contributed by atoms with Gasteiger partial charge in [-0.05, 0) is 47.4 Å². The van der Waals surface area contributed by atoms with Gasteiger partial charge in [0.2, 0.25) is 5.91 Å². The molecule has 0 saturated carbocycles. The summed E-state index contributed by atoms with van der Waals surface area (Å²) < 4.78 is 0. The van der Waals surface area contributed by atoms with Gasteiger partial charge in [0.1, 0.15) is 5.82 Å². The molecule has 6 heteroatoms. The second-order valence-electron chi connectivity index (χ2n) is 7.79. The van der Waals surface area contributed by atoms with Crippen LogP contribution < -0.4 is 10.2 Å². The van der Waals surface area contributed by atoms with Crippen molar-refractivity contribution in [1.29, 1.82) is 0 Å². The van der Waals surface area contributed by atoms with Gasteiger partial charge in [0.25, 0.3) is 0 Å². The van der Waals surface area contributed by atoms with Crippen LogP contribution in [-0.2, 0) is 24.4 Å². The molecule has 1 aliphatic rings. The van der Waals surface area contributed by atoms with Crippen molar-refractivity contribution in [2.75, 3.05) is 18.0 Å². The maximum Gasteiger partial charge on any atom is 0.230 e. The lowest BCUT2D eigenvalue weighted by Crippen LogP contribution is -2.64. The Kier molecular flexibility index (Phi) is 6.02. The lowest BCUT2D eigenvalue weighted by atomic mass is 9.73. The standard InChI is InChI=1S/C24H24ClN3O2/c25-21-8-6-18(7-9-21)13-24(23(30)27-14-19-4-2-1-3-5-19)16-28(17-24)22-12-20(15-29)10-11-26-22/h1-12,29H,13-17H2,(H,27,30). The number of hydrogen-bond donors (Lipinski definition) is 2. The third kappa shape index (κ3) is 4.48. The first-order valence-electron chi connectivity index (χ1n) is 9.95. The number of carbonyl (C=O) groups excluding carboxylic acids is 1. The van der Waals surface area contributed by atoms with Crippen LogP contribution in [0.15, 0.2) is 72.9 Å². The van der Waals surface area contributed by atoms with E-state index in [0.29, 0.717) is 31.1 Å². The zero-order valence-corrected chi connectivity index (χ0v) is 17.3. The number of halogens is 1. The summed E-state index contributed by atoms with van der Waals surface area (Å²) >= 11 is 6.03. The van der Waals surface area contributed by atoms with Crippen LogP contribution in [0, 0.1) is 5.41 Å². The summed E-state index contributed by atoms with van der Waals surface area (Å²) in [5.74, 6) is 0.819. The molecule has 0 spiro atoms. The molecule has 2 N–H and O–H groups in total. The summed E-state index contributed by atoms with van der Waals surface area (Å²) in [5.41, 5.74) is 2.41. The Hall–Kier alpha value is -2.89. The minimum absolute atomic E-state index is 0.0309. The monoisotopic (exact) mass is 421 g/mol. The molecule has 3 aromatic rings. The number of nitrogens with one attached hydrogen (secondary N) is 1. The molecule has 1 fully saturated rings. The van der Waals surface area contributed by atoms with E-state index < -0.39 is 5.41 Å². The molecular formula is C24H24ClN3O2. The molecule has 2 heterocycles. The summed E-state index contributed by atoms with van der Waals surface area (Å²) in [7, 11) is 0. The van der Waals surface area contributed by atoms with Crippen molar-refractivity contribution >= 4 is 23.3 Å². The average Bonchev–Trinajstić information content (AvgIpc) is 2.76. The van der Waals surface area contributed by atoms with Crippen LogP contribution in [0.1, 0.15) is 16.7 Å². The van der Waals surface area contributed by atoms with E-state index in [2.05, 4.69) is 15.2 Å². The van der Waals surface area contributed by atoms with Crippen molar-refractivity contribution in [2.24, 2.45) is 5.41 Å². The second kappa shape index (κ2) is 8.86. The van der Waals surface area contributed by atoms with Gasteiger partial charge >= 0.3 is 0 Å². The fraction of sp³-hybridized carbons (Fsp3) is 0.250. The molecular weight excluding hydrogens is 398 g/mol. The Labute approximate surface area is 181 Å². The molecule has 0 atom stereocenters. The molecule has 0 aliphatic carbocycles. The highest BCUT2D eigenvalue weighted by Crippen LogP contribution is 2.37. The van der Waals surface area contributed by atoms with Gasteiger partial charge in [0, 0.05) is 30.9 Å². The molecule has 1 saturated heterocycles. The van der Waals surface area contributed by atoms with E-state index in [0.717, 1.165) is 22.5 Å². The Morgan fingerprint density at radius 2 is 1.77 bits per heavy atom. The molecule has 1 amide bonds. The van der Waals surface area contributed by atoms with E-state index in [1.54, 1.807) is 12.3 Å². The molecule has 0 unspecified atom stereocenters. The average molecular weight is 422 g/mol. The number of nitrogens with zero attached hydrogens (tertiary/aromatic N) is 2. The maximum atomic E-state index is 13.3. The molecule has 4 rings (SSSR count). The number of pyridine rings is 1. The van der Waals surface area contributed by atoms with Gasteiger partial charge in [-0.25, -0.2) is 4.98 Å². The zero-order valence-electron chi connectivity index (χ0n) is 16.6. The largest absolute Gasteiger partial charge is 0.392 e. The predicted octanol–water partition coefficient (Wildman–Crippen LogP) is 3.59. The SMILES string of the molecule is O=C(NCc1ccccc1)C1(Cc2ccc(Cl)cc2)CN(c2cc(CO)ccn2)C1. The molecule has 154 valence electrons. The summed E-state index contributed by atoms with van der Waals surface area (Å²) in [6.45, 7) is 1.60. The van der Waals surface area contributed by atoms with Crippen molar-refractivity contribution in [1.82, 2.24) is 10.3 Å². The van der Waals surface area contributed by atoms with E-state index in [9.17, 15) is 9.90 Å². The van der Waals surface area contributed by atoms with E-state index in [-0.39, 0.29) is 12.5 Å². The van der Waals surface area contributed by atoms with Gasteiger partial charge in [0.05, 0.1) is 12.0 Å². The van der Waals surface area contributed by atoms with Gasteiger partial charge in [-0.15, -0.1) is 0 Å². The van der Waals surface area contributed by atoms with E-state index in [1.807, 2.05) is 60.7 Å². The third-order valence-corrected chi connectivity index (χ3v) is 5.79. The first kappa shape index (κ1) is 20.4. The second-order valence-corrected chi connectivity index (χ2v) is 8.22. The molecule has 1 aliphatic heterocycles. The van der Waals surface area contributed by atoms with Gasteiger partial charge in [-0.1, -0.05) is 54.1 Å². The summed E-state index contributed by atoms with van der Waals surface area (Å²) in [5, 5.41) is 13.2. The van der Waals surface area contributed by atoms with Gasteiger partial charge in [-0.2, -0.15) is 0 Å². The molecule has 1 aromatic heterocycles. The highest BCUT2D eigenvalue weighted by atomic mass is 35.5. The third-order valence-electron chi connectivity index (χ3n) is 5.54. The summed E-state index contributed by atoms with van der Waals surface area (Å²) in [6.07, 6.45) is 2.32. The summed E-state index contributed by atoms with van der Waals surface area (Å²) in [4.78, 5) is 19.8. The van der Waals surface area contributed by atoms with E-state index >= 15 is 0 Å². The first-order chi connectivity index (χ1) is 14.6. The van der Waals surface area contributed by atoms with Crippen molar-refractivity contribution in [3.05, 3.63) is 94.6 Å². The first-order valence-corrected chi connectivity index (χ1v) is 10.3. The number of amides is 1. The molecule has 0 radical (unpaired) electrons. The number of carbonyl (C=O) groups is 1. The van der Waals surface area contributed by atoms with E-state index in [4.69, 9.17) is 11.6 Å². The quantitative estimate of drug-likeness (QED) is 0.611. The van der Waals surface area contributed by atoms with Crippen molar-refractivity contribution in [2.45, 2.75) is 19.6 Å². The van der Waals surface area contributed by atoms with Crippen LogP contribution in [0.5, 0.6) is 0 Å². The van der Waals surface area contributed by atoms with Crippen LogP contribution in [0.4, 0.5) is 5.82 Å². The molecule has 30 heavy (non-hydrogen) atoms. The molecule has 0 bridgehead atoms. The van der Waals surface area contributed by atoms with Gasteiger partial charge < -0.3 is 15.3 Å². The Balaban J connectivity index is 1.51. The van der Waals surface area contributed by atoms with E-state index in [1.165, 1.54) is 0 Å². The minimum atomic E-state index is -0.542. The fourth-order valence-electron chi connectivity index (χ4n) is 3.87. The fourth-order valence-corrected chi connectivity index (χ4v) is 4.00. The van der Waals surface area contributed by atoms with Crippen molar-refractivity contribution < 1.29 is 9.90 Å². The number of rotatable bonds is 7. The highest BCUT2D eigenvalue weighted by molar-refractivity contribution is 6.30. The number of aliphatic hydroxyl groups excluding tert-OH is 1. The van der Waals surface area contributed by atoms with Gasteiger partial charge in [-0.3, -0.25) is 4.79 Å². The number of aromatic nitrogens is 1. The maximum absolute atomic E-state index is 13.3. The highest BCUT2D eigenvalue weighted by Gasteiger charge is 2.49. The predicted molar refractivity (Wildman–Crippen MR) is 118 cm³/mol. The molecule has 5 nitrogen and oxygen atoms in total. The lowest BCUT2D eigenvalue weighted by Gasteiger charge is -2.49. The summed E-state index contributed by atoms with van der Waals surface area (Å²) in [6, 6.07) is 21.2. The minimum Gasteiger partial charge on any atom is -0.392 e. The Morgan fingerprint density at radius 1 is 1.03 bits per heavy atom.